The molecular weight excluding hydrogens is 268 g/mol. The van der Waals surface area contributed by atoms with E-state index in [4.69, 9.17) is 0 Å². The number of pyridine rings is 1. The fourth-order valence-corrected chi connectivity index (χ4v) is 3.01. The first-order chi connectivity index (χ1) is 10.2. The second-order valence-corrected chi connectivity index (χ2v) is 5.70. The van der Waals surface area contributed by atoms with Crippen LogP contribution in [-0.4, -0.2) is 38.3 Å². The SMILES string of the molecule is Cc1nnc2ccc(C(=O)NC3CCCCC3CO)cn12. The number of aliphatic hydroxyl groups is 1. The highest BCUT2D eigenvalue weighted by Crippen LogP contribution is 2.24. The lowest BCUT2D eigenvalue weighted by Crippen LogP contribution is -2.43. The third kappa shape index (κ3) is 2.76. The highest BCUT2D eigenvalue weighted by Gasteiger charge is 2.26. The number of carbonyl (C=O) groups excluding carboxylic acids is 1. The Bertz CT molecular complexity index is 652. The maximum atomic E-state index is 12.4. The third-order valence-electron chi connectivity index (χ3n) is 4.30. The first kappa shape index (κ1) is 14.0. The predicted molar refractivity (Wildman–Crippen MR) is 78.0 cm³/mol. The molecule has 1 amide bonds. The van der Waals surface area contributed by atoms with E-state index in [0.29, 0.717) is 5.56 Å². The number of amides is 1. The summed E-state index contributed by atoms with van der Waals surface area (Å²) in [5, 5.41) is 20.5. The first-order valence-electron chi connectivity index (χ1n) is 7.42. The lowest BCUT2D eigenvalue weighted by molar-refractivity contribution is 0.0872. The van der Waals surface area contributed by atoms with E-state index in [1.807, 2.05) is 6.92 Å². The summed E-state index contributed by atoms with van der Waals surface area (Å²) in [5.74, 6) is 0.823. The van der Waals surface area contributed by atoms with Crippen molar-refractivity contribution in [1.29, 1.82) is 0 Å². The number of aryl methyl sites for hydroxylation is 1. The van der Waals surface area contributed by atoms with E-state index in [9.17, 15) is 9.90 Å². The Kier molecular flexibility index (Phi) is 3.88. The van der Waals surface area contributed by atoms with Crippen molar-refractivity contribution < 1.29 is 9.90 Å². The van der Waals surface area contributed by atoms with E-state index in [-0.39, 0.29) is 24.5 Å². The highest BCUT2D eigenvalue weighted by molar-refractivity contribution is 5.94. The van der Waals surface area contributed by atoms with Gasteiger partial charge in [-0.25, -0.2) is 0 Å². The van der Waals surface area contributed by atoms with Crippen LogP contribution >= 0.6 is 0 Å². The Morgan fingerprint density at radius 3 is 3.00 bits per heavy atom. The maximum absolute atomic E-state index is 12.4. The molecule has 0 bridgehead atoms. The molecule has 0 aliphatic heterocycles. The number of aliphatic hydroxyl groups excluding tert-OH is 1. The third-order valence-corrected chi connectivity index (χ3v) is 4.30. The van der Waals surface area contributed by atoms with E-state index >= 15 is 0 Å². The molecule has 0 aromatic carbocycles. The number of hydrogen-bond donors (Lipinski definition) is 2. The lowest BCUT2D eigenvalue weighted by Gasteiger charge is -2.30. The molecule has 2 unspecified atom stereocenters. The van der Waals surface area contributed by atoms with E-state index < -0.39 is 0 Å². The molecule has 21 heavy (non-hydrogen) atoms. The molecule has 1 aliphatic rings. The summed E-state index contributed by atoms with van der Waals surface area (Å²) in [6, 6.07) is 3.61. The van der Waals surface area contributed by atoms with Crippen LogP contribution in [0.3, 0.4) is 0 Å². The summed E-state index contributed by atoms with van der Waals surface area (Å²) < 4.78 is 1.80. The van der Waals surface area contributed by atoms with Crippen molar-refractivity contribution in [1.82, 2.24) is 19.9 Å². The van der Waals surface area contributed by atoms with E-state index in [0.717, 1.165) is 37.2 Å². The number of aromatic nitrogens is 3. The fourth-order valence-electron chi connectivity index (χ4n) is 3.01. The average molecular weight is 288 g/mol. The molecule has 2 atom stereocenters. The molecule has 1 aliphatic carbocycles. The smallest absolute Gasteiger partial charge is 0.253 e. The molecular formula is C15H20N4O2. The first-order valence-corrected chi connectivity index (χ1v) is 7.42. The van der Waals surface area contributed by atoms with Crippen LogP contribution in [0, 0.1) is 12.8 Å². The number of hydrogen-bond acceptors (Lipinski definition) is 4. The largest absolute Gasteiger partial charge is 0.396 e. The van der Waals surface area contributed by atoms with Crippen LogP contribution in [0.25, 0.3) is 5.65 Å². The molecule has 2 N–H and O–H groups in total. The van der Waals surface area contributed by atoms with Gasteiger partial charge in [0.2, 0.25) is 0 Å². The molecule has 2 aromatic rings. The normalized spacial score (nSPS) is 22.4. The number of fused-ring (bicyclic) bond motifs is 1. The molecule has 1 fully saturated rings. The van der Waals surface area contributed by atoms with Crippen molar-refractivity contribution in [3.05, 3.63) is 29.7 Å². The second kappa shape index (κ2) is 5.81. The minimum Gasteiger partial charge on any atom is -0.396 e. The molecule has 112 valence electrons. The fraction of sp³-hybridized carbons (Fsp3) is 0.533. The van der Waals surface area contributed by atoms with Gasteiger partial charge < -0.3 is 10.4 Å². The van der Waals surface area contributed by atoms with E-state index in [1.54, 1.807) is 22.7 Å². The zero-order valence-electron chi connectivity index (χ0n) is 12.1. The van der Waals surface area contributed by atoms with Gasteiger partial charge in [0.15, 0.2) is 5.65 Å². The lowest BCUT2D eigenvalue weighted by atomic mass is 9.85. The zero-order chi connectivity index (χ0) is 14.8. The quantitative estimate of drug-likeness (QED) is 0.892. The monoisotopic (exact) mass is 288 g/mol. The van der Waals surface area contributed by atoms with Crippen molar-refractivity contribution in [2.45, 2.75) is 38.6 Å². The minimum atomic E-state index is -0.102. The molecule has 2 heterocycles. The topological polar surface area (TPSA) is 79.5 Å². The van der Waals surface area contributed by atoms with Gasteiger partial charge in [0.05, 0.1) is 5.56 Å². The maximum Gasteiger partial charge on any atom is 0.253 e. The molecule has 1 saturated carbocycles. The molecule has 3 rings (SSSR count). The molecule has 0 saturated heterocycles. The van der Waals surface area contributed by atoms with Crippen LogP contribution in [-0.2, 0) is 0 Å². The van der Waals surface area contributed by atoms with Gasteiger partial charge in [-0.1, -0.05) is 12.8 Å². The Morgan fingerprint density at radius 2 is 2.19 bits per heavy atom. The van der Waals surface area contributed by atoms with Crippen molar-refractivity contribution in [3.63, 3.8) is 0 Å². The highest BCUT2D eigenvalue weighted by atomic mass is 16.3. The van der Waals surface area contributed by atoms with Gasteiger partial charge in [-0.15, -0.1) is 10.2 Å². The van der Waals surface area contributed by atoms with Gasteiger partial charge in [-0.2, -0.15) is 0 Å². The van der Waals surface area contributed by atoms with Gasteiger partial charge in [0.1, 0.15) is 5.82 Å². The Balaban J connectivity index is 1.78. The summed E-state index contributed by atoms with van der Waals surface area (Å²) in [6.45, 7) is 1.99. The van der Waals surface area contributed by atoms with Crippen LogP contribution in [0.2, 0.25) is 0 Å². The molecule has 2 aromatic heterocycles. The summed E-state index contributed by atoms with van der Waals surface area (Å²) in [4.78, 5) is 12.4. The van der Waals surface area contributed by atoms with Gasteiger partial charge in [0.25, 0.3) is 5.91 Å². The molecule has 6 nitrogen and oxygen atoms in total. The second-order valence-electron chi connectivity index (χ2n) is 5.70. The van der Waals surface area contributed by atoms with Crippen molar-refractivity contribution in [3.8, 4) is 0 Å². The number of nitrogens with zero attached hydrogens (tertiary/aromatic N) is 3. The molecule has 0 spiro atoms. The van der Waals surface area contributed by atoms with Crippen molar-refractivity contribution >= 4 is 11.6 Å². The Hall–Kier alpha value is -1.95. The Morgan fingerprint density at radius 1 is 1.38 bits per heavy atom. The van der Waals surface area contributed by atoms with Gasteiger partial charge in [-0.3, -0.25) is 9.20 Å². The van der Waals surface area contributed by atoms with Crippen molar-refractivity contribution in [2.24, 2.45) is 5.92 Å². The van der Waals surface area contributed by atoms with Gasteiger partial charge in [0, 0.05) is 24.8 Å². The average Bonchev–Trinajstić information content (AvgIpc) is 2.88. The molecule has 6 heteroatoms. The predicted octanol–water partition coefficient (Wildman–Crippen LogP) is 1.32. The summed E-state index contributed by atoms with van der Waals surface area (Å²) in [5.41, 5.74) is 1.32. The van der Waals surface area contributed by atoms with Crippen molar-refractivity contribution in [2.75, 3.05) is 6.61 Å². The summed E-state index contributed by atoms with van der Waals surface area (Å²) in [6.07, 6.45) is 5.90. The summed E-state index contributed by atoms with van der Waals surface area (Å²) in [7, 11) is 0. The Labute approximate surface area is 123 Å². The van der Waals surface area contributed by atoms with Gasteiger partial charge >= 0.3 is 0 Å². The van der Waals surface area contributed by atoms with Crippen LogP contribution in [0.15, 0.2) is 18.3 Å². The van der Waals surface area contributed by atoms with Crippen LogP contribution in [0.1, 0.15) is 41.9 Å². The summed E-state index contributed by atoms with van der Waals surface area (Å²) >= 11 is 0. The van der Waals surface area contributed by atoms with E-state index in [1.165, 1.54) is 0 Å². The van der Waals surface area contributed by atoms with Gasteiger partial charge in [-0.05, 0) is 31.9 Å². The zero-order valence-corrected chi connectivity index (χ0v) is 12.1. The number of rotatable bonds is 3. The molecule has 0 radical (unpaired) electrons. The van der Waals surface area contributed by atoms with Crippen LogP contribution < -0.4 is 5.32 Å². The van der Waals surface area contributed by atoms with Crippen LogP contribution in [0.4, 0.5) is 0 Å². The number of carbonyl (C=O) groups is 1. The van der Waals surface area contributed by atoms with E-state index in [2.05, 4.69) is 15.5 Å². The standard InChI is InChI=1S/C15H20N4O2/c1-10-17-18-14-7-6-11(8-19(10)14)15(21)16-13-5-3-2-4-12(13)9-20/h6-8,12-13,20H,2-5,9H2,1H3,(H,16,21). The number of nitrogens with one attached hydrogen (secondary N) is 1. The minimum absolute atomic E-state index is 0.0638. The van der Waals surface area contributed by atoms with Crippen LogP contribution in [0.5, 0.6) is 0 Å².